The molecule has 0 aliphatic heterocycles. The van der Waals surface area contributed by atoms with Crippen LogP contribution in [0.15, 0.2) is 16.3 Å². The monoisotopic (exact) mass is 316 g/mol. The van der Waals surface area contributed by atoms with Crippen molar-refractivity contribution in [3.8, 4) is 0 Å². The number of hydrogen-bond donors (Lipinski definition) is 2. The van der Waals surface area contributed by atoms with Gasteiger partial charge in [0.1, 0.15) is 0 Å². The van der Waals surface area contributed by atoms with Gasteiger partial charge in [0, 0.05) is 23.5 Å². The highest BCUT2D eigenvalue weighted by Crippen LogP contribution is 2.24. The zero-order chi connectivity index (χ0) is 14.6. The topological polar surface area (TPSA) is 58.2 Å². The molecule has 1 heterocycles. The van der Waals surface area contributed by atoms with Gasteiger partial charge in [0.25, 0.3) is 0 Å². The number of thiophene rings is 1. The van der Waals surface area contributed by atoms with E-state index in [2.05, 4.69) is 23.9 Å². The van der Waals surface area contributed by atoms with E-state index in [1.807, 2.05) is 5.38 Å². The van der Waals surface area contributed by atoms with Crippen molar-refractivity contribution in [3.05, 3.63) is 16.3 Å². The van der Waals surface area contributed by atoms with Crippen LogP contribution in [0.5, 0.6) is 0 Å². The predicted octanol–water partition coefficient (Wildman–Crippen LogP) is 2.86. The maximum Gasteiger partial charge on any atom is 0.241 e. The molecule has 1 aliphatic carbocycles. The summed E-state index contributed by atoms with van der Waals surface area (Å²) in [5.74, 6) is 0. The number of nitrogens with one attached hydrogen (secondary N) is 2. The molecule has 1 fully saturated rings. The van der Waals surface area contributed by atoms with Crippen LogP contribution in [0.25, 0.3) is 0 Å². The summed E-state index contributed by atoms with van der Waals surface area (Å²) in [5, 5.41) is 5.14. The molecular formula is C14H24N2O2S2. The molecule has 1 aliphatic rings. The van der Waals surface area contributed by atoms with Crippen LogP contribution in [-0.4, -0.2) is 20.5 Å². The third-order valence-corrected chi connectivity index (χ3v) is 6.25. The van der Waals surface area contributed by atoms with E-state index in [9.17, 15) is 8.42 Å². The average molecular weight is 316 g/mol. The Morgan fingerprint density at radius 3 is 2.65 bits per heavy atom. The van der Waals surface area contributed by atoms with E-state index in [0.29, 0.717) is 17.5 Å². The first-order valence-electron chi connectivity index (χ1n) is 7.31. The minimum absolute atomic E-state index is 0.111. The van der Waals surface area contributed by atoms with Crippen molar-refractivity contribution < 1.29 is 8.42 Å². The fourth-order valence-corrected chi connectivity index (χ4v) is 5.20. The minimum Gasteiger partial charge on any atom is -0.310 e. The molecule has 0 saturated heterocycles. The van der Waals surface area contributed by atoms with Gasteiger partial charge in [-0.1, -0.05) is 33.1 Å². The Morgan fingerprint density at radius 2 is 2.00 bits per heavy atom. The van der Waals surface area contributed by atoms with Crippen molar-refractivity contribution in [2.45, 2.75) is 69.5 Å². The van der Waals surface area contributed by atoms with E-state index in [4.69, 9.17) is 0 Å². The number of sulfonamides is 1. The lowest BCUT2D eigenvalue weighted by molar-refractivity contribution is 0.412. The molecule has 2 N–H and O–H groups in total. The van der Waals surface area contributed by atoms with E-state index < -0.39 is 10.0 Å². The van der Waals surface area contributed by atoms with Gasteiger partial charge in [-0.2, -0.15) is 0 Å². The molecular weight excluding hydrogens is 292 g/mol. The van der Waals surface area contributed by atoms with Crippen LogP contribution in [0.4, 0.5) is 0 Å². The summed E-state index contributed by atoms with van der Waals surface area (Å²) in [5.41, 5.74) is 0. The zero-order valence-electron chi connectivity index (χ0n) is 12.2. The lowest BCUT2D eigenvalue weighted by Gasteiger charge is -2.22. The summed E-state index contributed by atoms with van der Waals surface area (Å²) < 4.78 is 27.9. The van der Waals surface area contributed by atoms with E-state index in [0.717, 1.165) is 30.6 Å². The summed E-state index contributed by atoms with van der Waals surface area (Å²) >= 11 is 1.50. The van der Waals surface area contributed by atoms with Gasteiger partial charge >= 0.3 is 0 Å². The molecule has 114 valence electrons. The first-order valence-corrected chi connectivity index (χ1v) is 9.67. The molecule has 0 atom stereocenters. The minimum atomic E-state index is -3.37. The first kappa shape index (κ1) is 15.9. The third-order valence-electron chi connectivity index (χ3n) is 3.59. The molecule has 0 spiro atoms. The normalized spacial score (nSPS) is 17.8. The summed E-state index contributed by atoms with van der Waals surface area (Å²) in [7, 11) is -3.37. The van der Waals surface area contributed by atoms with Crippen LogP contribution in [0.2, 0.25) is 0 Å². The Balaban J connectivity index is 2.06. The van der Waals surface area contributed by atoms with Gasteiger partial charge in [-0.15, -0.1) is 11.3 Å². The van der Waals surface area contributed by atoms with Crippen molar-refractivity contribution in [1.29, 1.82) is 0 Å². The maximum absolute atomic E-state index is 12.5. The summed E-state index contributed by atoms with van der Waals surface area (Å²) in [6, 6.07) is 2.17. The van der Waals surface area contributed by atoms with Gasteiger partial charge in [-0.05, 0) is 24.3 Å². The Hall–Kier alpha value is -0.430. The largest absolute Gasteiger partial charge is 0.310 e. The third kappa shape index (κ3) is 4.28. The van der Waals surface area contributed by atoms with Gasteiger partial charge in [0.2, 0.25) is 10.0 Å². The fourth-order valence-electron chi connectivity index (χ4n) is 2.50. The standard InChI is InChI=1S/C14H24N2O2S2/c1-11(2)15-10-13-14(8-9-19-13)20(17,18)16-12-6-4-3-5-7-12/h8-9,11-12,15-16H,3-7,10H2,1-2H3. The quantitative estimate of drug-likeness (QED) is 0.848. The molecule has 20 heavy (non-hydrogen) atoms. The molecule has 1 saturated carbocycles. The SMILES string of the molecule is CC(C)NCc1sccc1S(=O)(=O)NC1CCCCC1. The summed E-state index contributed by atoms with van der Waals surface area (Å²) in [6.07, 6.45) is 5.39. The summed E-state index contributed by atoms with van der Waals surface area (Å²) in [4.78, 5) is 1.34. The number of hydrogen-bond acceptors (Lipinski definition) is 4. The molecule has 0 unspecified atom stereocenters. The van der Waals surface area contributed by atoms with E-state index >= 15 is 0 Å². The highest BCUT2D eigenvalue weighted by molar-refractivity contribution is 7.89. The van der Waals surface area contributed by atoms with Crippen molar-refractivity contribution in [2.75, 3.05) is 0 Å². The molecule has 2 rings (SSSR count). The maximum atomic E-state index is 12.5. The molecule has 0 amide bonds. The van der Waals surface area contributed by atoms with Crippen LogP contribution >= 0.6 is 11.3 Å². The van der Waals surface area contributed by atoms with Gasteiger partial charge < -0.3 is 5.32 Å². The van der Waals surface area contributed by atoms with E-state index in [1.54, 1.807) is 6.07 Å². The molecule has 1 aromatic rings. The van der Waals surface area contributed by atoms with E-state index in [-0.39, 0.29) is 6.04 Å². The molecule has 4 nitrogen and oxygen atoms in total. The zero-order valence-corrected chi connectivity index (χ0v) is 13.8. The second-order valence-electron chi connectivity index (χ2n) is 5.70. The van der Waals surface area contributed by atoms with Gasteiger partial charge in [-0.25, -0.2) is 13.1 Å². The van der Waals surface area contributed by atoms with Gasteiger partial charge in [0.05, 0.1) is 4.90 Å². The molecule has 6 heteroatoms. The lowest BCUT2D eigenvalue weighted by Crippen LogP contribution is -2.36. The van der Waals surface area contributed by atoms with Crippen LogP contribution in [-0.2, 0) is 16.6 Å². The van der Waals surface area contributed by atoms with Crippen LogP contribution < -0.4 is 10.0 Å². The smallest absolute Gasteiger partial charge is 0.241 e. The Morgan fingerprint density at radius 1 is 1.30 bits per heavy atom. The van der Waals surface area contributed by atoms with Crippen molar-refractivity contribution in [2.24, 2.45) is 0 Å². The highest BCUT2D eigenvalue weighted by atomic mass is 32.2. The summed E-state index contributed by atoms with van der Waals surface area (Å²) in [6.45, 7) is 4.72. The molecule has 0 aromatic carbocycles. The molecule has 0 radical (unpaired) electrons. The highest BCUT2D eigenvalue weighted by Gasteiger charge is 2.24. The van der Waals surface area contributed by atoms with Crippen LogP contribution in [0, 0.1) is 0 Å². The van der Waals surface area contributed by atoms with Crippen molar-refractivity contribution >= 4 is 21.4 Å². The second-order valence-corrected chi connectivity index (χ2v) is 8.38. The lowest BCUT2D eigenvalue weighted by atomic mass is 9.96. The number of rotatable bonds is 6. The Kier molecular flexibility index (Phi) is 5.60. The molecule has 0 bridgehead atoms. The predicted molar refractivity (Wildman–Crippen MR) is 83.5 cm³/mol. The fraction of sp³-hybridized carbons (Fsp3) is 0.714. The van der Waals surface area contributed by atoms with Crippen LogP contribution in [0.1, 0.15) is 50.8 Å². The van der Waals surface area contributed by atoms with E-state index in [1.165, 1.54) is 17.8 Å². The average Bonchev–Trinajstić information content (AvgIpc) is 2.86. The van der Waals surface area contributed by atoms with Crippen molar-refractivity contribution in [3.63, 3.8) is 0 Å². The van der Waals surface area contributed by atoms with Gasteiger partial charge in [0.15, 0.2) is 0 Å². The molecule has 1 aromatic heterocycles. The van der Waals surface area contributed by atoms with Crippen LogP contribution in [0.3, 0.4) is 0 Å². The first-order chi connectivity index (χ1) is 9.49. The Labute approximate surface area is 126 Å². The second kappa shape index (κ2) is 7.02. The Bertz CT molecular complexity index is 517. The van der Waals surface area contributed by atoms with Gasteiger partial charge in [-0.3, -0.25) is 0 Å². The van der Waals surface area contributed by atoms with Crippen molar-refractivity contribution in [1.82, 2.24) is 10.0 Å².